The molecule has 2 N–H and O–H groups in total. The molecule has 28 heavy (non-hydrogen) atoms. The number of aryl methyl sites for hydroxylation is 2. The lowest BCUT2D eigenvalue weighted by atomic mass is 10.0. The number of nitrogens with one attached hydrogen (secondary N) is 2. The predicted molar refractivity (Wildman–Crippen MR) is 110 cm³/mol. The van der Waals surface area contributed by atoms with Crippen LogP contribution >= 0.6 is 0 Å². The van der Waals surface area contributed by atoms with Gasteiger partial charge in [0.1, 0.15) is 5.82 Å². The molecule has 6 nitrogen and oxygen atoms in total. The molecular formula is C22H18N6. The van der Waals surface area contributed by atoms with Crippen molar-refractivity contribution < 1.29 is 6.85 Å². The van der Waals surface area contributed by atoms with Gasteiger partial charge in [-0.25, -0.2) is 4.98 Å². The van der Waals surface area contributed by atoms with Crippen molar-refractivity contribution in [3.05, 3.63) is 77.0 Å². The second-order valence-electron chi connectivity index (χ2n) is 5.78. The maximum Gasteiger partial charge on any atom is 0.229 e. The standard InChI is InChI=1S/C22H18N6/c1-15-12-18(4-3-10-23)13-16(2)21(15)27-20-9-11-25-22(28-20)26-19-7-5-17(14-24)6-8-19/h3-9,11-13H,1-2H3,(H2,25,26,27,28)/b4-3+/i1D3,3D,4D. The Bertz CT molecular complexity index is 1300. The summed E-state index contributed by atoms with van der Waals surface area (Å²) in [5.41, 5.74) is 2.10. The van der Waals surface area contributed by atoms with Gasteiger partial charge in [-0.15, -0.1) is 0 Å². The van der Waals surface area contributed by atoms with Crippen molar-refractivity contribution in [3.8, 4) is 12.1 Å². The van der Waals surface area contributed by atoms with E-state index in [1.807, 2.05) is 6.07 Å². The summed E-state index contributed by atoms with van der Waals surface area (Å²) in [7, 11) is 0. The minimum absolute atomic E-state index is 0.0618. The lowest BCUT2D eigenvalue weighted by Crippen LogP contribution is -2.02. The minimum atomic E-state index is -2.52. The molecule has 0 amide bonds. The molecule has 6 heteroatoms. The van der Waals surface area contributed by atoms with Crippen LogP contribution in [-0.2, 0) is 0 Å². The number of hydrogen-bond donors (Lipinski definition) is 2. The number of aromatic nitrogens is 2. The largest absolute Gasteiger partial charge is 0.340 e. The molecular weight excluding hydrogens is 348 g/mol. The molecule has 0 atom stereocenters. The van der Waals surface area contributed by atoms with Crippen molar-refractivity contribution in [2.75, 3.05) is 10.6 Å². The summed E-state index contributed by atoms with van der Waals surface area (Å²) < 4.78 is 39.3. The summed E-state index contributed by atoms with van der Waals surface area (Å²) >= 11 is 0. The molecule has 0 fully saturated rings. The zero-order chi connectivity index (χ0) is 24.2. The smallest absolute Gasteiger partial charge is 0.229 e. The van der Waals surface area contributed by atoms with Crippen LogP contribution in [0.4, 0.5) is 23.1 Å². The highest BCUT2D eigenvalue weighted by molar-refractivity contribution is 5.69. The zero-order valence-corrected chi connectivity index (χ0v) is 14.9. The van der Waals surface area contributed by atoms with E-state index < -0.39 is 12.9 Å². The van der Waals surface area contributed by atoms with Gasteiger partial charge in [0, 0.05) is 27.7 Å². The first-order chi connectivity index (χ1) is 15.6. The summed E-state index contributed by atoms with van der Waals surface area (Å²) in [6.45, 7) is -0.851. The summed E-state index contributed by atoms with van der Waals surface area (Å²) in [5.74, 6) is 0.598. The Morgan fingerprint density at radius 1 is 1.11 bits per heavy atom. The number of rotatable bonds is 5. The highest BCUT2D eigenvalue weighted by Crippen LogP contribution is 2.26. The highest BCUT2D eigenvalue weighted by atomic mass is 15.1. The second-order valence-corrected chi connectivity index (χ2v) is 5.78. The van der Waals surface area contributed by atoms with Crippen LogP contribution < -0.4 is 10.6 Å². The third kappa shape index (κ3) is 4.51. The van der Waals surface area contributed by atoms with E-state index in [-0.39, 0.29) is 28.8 Å². The van der Waals surface area contributed by atoms with E-state index in [1.54, 1.807) is 49.4 Å². The number of anilines is 4. The Labute approximate surface area is 170 Å². The van der Waals surface area contributed by atoms with Gasteiger partial charge in [0.25, 0.3) is 0 Å². The van der Waals surface area contributed by atoms with E-state index >= 15 is 0 Å². The third-order valence-corrected chi connectivity index (χ3v) is 3.78. The van der Waals surface area contributed by atoms with Crippen LogP contribution in [0.3, 0.4) is 0 Å². The van der Waals surface area contributed by atoms with Gasteiger partial charge in [-0.05, 0) is 79.0 Å². The van der Waals surface area contributed by atoms with Gasteiger partial charge in [0.05, 0.1) is 20.4 Å². The molecule has 0 aliphatic heterocycles. The van der Waals surface area contributed by atoms with Crippen LogP contribution in [0.5, 0.6) is 0 Å². The molecule has 0 unspecified atom stereocenters. The van der Waals surface area contributed by atoms with Crippen molar-refractivity contribution in [2.24, 2.45) is 0 Å². The van der Waals surface area contributed by atoms with Crippen molar-refractivity contribution >= 4 is 29.2 Å². The van der Waals surface area contributed by atoms with Gasteiger partial charge in [-0.3, -0.25) is 0 Å². The predicted octanol–water partition coefficient (Wildman–Crippen LogP) is 4.99. The normalized spacial score (nSPS) is 14.0. The van der Waals surface area contributed by atoms with E-state index in [2.05, 4.69) is 20.6 Å². The second kappa shape index (κ2) is 8.48. The van der Waals surface area contributed by atoms with Crippen LogP contribution in [0, 0.1) is 36.4 Å². The zero-order valence-electron chi connectivity index (χ0n) is 19.9. The number of benzene rings is 2. The van der Waals surface area contributed by atoms with Crippen molar-refractivity contribution in [1.82, 2.24) is 9.97 Å². The van der Waals surface area contributed by atoms with Crippen molar-refractivity contribution in [3.63, 3.8) is 0 Å². The van der Waals surface area contributed by atoms with E-state index in [0.717, 1.165) is 0 Å². The molecule has 0 aliphatic carbocycles. The Kier molecular flexibility index (Phi) is 3.96. The number of nitriles is 2. The maximum absolute atomic E-state index is 8.90. The Morgan fingerprint density at radius 2 is 1.89 bits per heavy atom. The molecule has 0 saturated heterocycles. The monoisotopic (exact) mass is 371 g/mol. The molecule has 3 aromatic rings. The Morgan fingerprint density at radius 3 is 2.61 bits per heavy atom. The van der Waals surface area contributed by atoms with Crippen LogP contribution in [0.1, 0.15) is 29.1 Å². The van der Waals surface area contributed by atoms with Gasteiger partial charge in [-0.1, -0.05) is 0 Å². The summed E-state index contributed by atoms with van der Waals surface area (Å²) in [6, 6.07) is 13.9. The molecule has 1 heterocycles. The van der Waals surface area contributed by atoms with Gasteiger partial charge in [0.2, 0.25) is 5.95 Å². The van der Waals surface area contributed by atoms with E-state index in [4.69, 9.17) is 17.4 Å². The molecule has 2 aromatic carbocycles. The quantitative estimate of drug-likeness (QED) is 0.613. The lowest BCUT2D eigenvalue weighted by Gasteiger charge is -2.14. The van der Waals surface area contributed by atoms with Crippen LogP contribution in [0.25, 0.3) is 6.05 Å². The molecule has 1 aromatic heterocycles. The van der Waals surface area contributed by atoms with E-state index in [0.29, 0.717) is 22.6 Å². The average molecular weight is 371 g/mol. The van der Waals surface area contributed by atoms with Crippen LogP contribution in [-0.4, -0.2) is 9.97 Å². The number of nitrogens with zero attached hydrogens (tertiary/aromatic N) is 4. The van der Waals surface area contributed by atoms with Crippen molar-refractivity contribution in [1.29, 1.82) is 10.5 Å². The highest BCUT2D eigenvalue weighted by Gasteiger charge is 2.07. The molecule has 0 saturated carbocycles. The average Bonchev–Trinajstić information content (AvgIpc) is 2.79. The van der Waals surface area contributed by atoms with E-state index in [9.17, 15) is 0 Å². The molecule has 0 radical (unpaired) electrons. The Balaban J connectivity index is 1.96. The first-order valence-corrected chi connectivity index (χ1v) is 8.22. The third-order valence-electron chi connectivity index (χ3n) is 3.78. The fourth-order valence-corrected chi connectivity index (χ4v) is 2.50. The van der Waals surface area contributed by atoms with Gasteiger partial charge in [0.15, 0.2) is 0 Å². The summed E-state index contributed by atoms with van der Waals surface area (Å²) in [5, 5.41) is 23.8. The molecule has 136 valence electrons. The summed E-state index contributed by atoms with van der Waals surface area (Å²) in [4.78, 5) is 8.53. The first kappa shape index (κ1) is 13.1. The maximum atomic E-state index is 8.90. The number of allylic oxidation sites excluding steroid dienone is 1. The first-order valence-electron chi connectivity index (χ1n) is 10.7. The molecule has 0 aliphatic rings. The molecule has 0 spiro atoms. The molecule has 0 bridgehead atoms. The molecule has 3 rings (SSSR count). The van der Waals surface area contributed by atoms with Crippen LogP contribution in [0.2, 0.25) is 0 Å². The fraction of sp³-hybridized carbons (Fsp3) is 0.0909. The fourth-order valence-electron chi connectivity index (χ4n) is 2.50. The van der Waals surface area contributed by atoms with Gasteiger partial charge < -0.3 is 10.6 Å². The van der Waals surface area contributed by atoms with Crippen LogP contribution in [0.15, 0.2) is 54.7 Å². The van der Waals surface area contributed by atoms with E-state index in [1.165, 1.54) is 12.3 Å². The number of hydrogen-bond acceptors (Lipinski definition) is 6. The topological polar surface area (TPSA) is 97.4 Å². The van der Waals surface area contributed by atoms with Crippen molar-refractivity contribution in [2.45, 2.75) is 13.8 Å². The SMILES string of the molecule is [2H]/C(C#N)=C(/[2H])c1cc(C)c(Nc2ccnc(Nc3ccc(C#N)cc3)n2)c(C([2H])([2H])[2H])c1. The minimum Gasteiger partial charge on any atom is -0.340 e. The lowest BCUT2D eigenvalue weighted by molar-refractivity contribution is 1.16. The summed E-state index contributed by atoms with van der Waals surface area (Å²) in [6.07, 6.45) is 1.50. The van der Waals surface area contributed by atoms with Gasteiger partial charge >= 0.3 is 0 Å². The van der Waals surface area contributed by atoms with Gasteiger partial charge in [-0.2, -0.15) is 15.5 Å². The Hall–Kier alpha value is -4.16.